The third-order valence-corrected chi connectivity index (χ3v) is 5.79. The van der Waals surface area contributed by atoms with Gasteiger partial charge in [-0.05, 0) is 47.0 Å². The molecule has 0 saturated carbocycles. The van der Waals surface area contributed by atoms with Crippen LogP contribution in [0.1, 0.15) is 11.3 Å². The second-order valence-corrected chi connectivity index (χ2v) is 7.90. The summed E-state index contributed by atoms with van der Waals surface area (Å²) in [6.07, 6.45) is 2.64. The molecule has 0 unspecified atom stereocenters. The molecule has 32 heavy (non-hydrogen) atoms. The van der Waals surface area contributed by atoms with Crippen LogP contribution in [0, 0.1) is 0 Å². The summed E-state index contributed by atoms with van der Waals surface area (Å²) in [7, 11) is 0. The average Bonchev–Trinajstić information content (AvgIpc) is 3.23. The molecular formula is C29H20N2O. The Morgan fingerprint density at radius 2 is 1.47 bits per heavy atom. The normalized spacial score (nSPS) is 11.2. The zero-order valence-corrected chi connectivity index (χ0v) is 17.4. The van der Waals surface area contributed by atoms with Gasteiger partial charge in [0.2, 0.25) is 5.71 Å². The van der Waals surface area contributed by atoms with Gasteiger partial charge in [-0.25, -0.2) is 4.98 Å². The smallest absolute Gasteiger partial charge is 0.227 e. The van der Waals surface area contributed by atoms with Gasteiger partial charge in [0, 0.05) is 34.6 Å². The first kappa shape index (κ1) is 18.5. The van der Waals surface area contributed by atoms with Crippen LogP contribution in [0.4, 0.5) is 0 Å². The highest BCUT2D eigenvalue weighted by Crippen LogP contribution is 2.35. The van der Waals surface area contributed by atoms with Crippen molar-refractivity contribution in [3.05, 3.63) is 121 Å². The monoisotopic (exact) mass is 412 g/mol. The van der Waals surface area contributed by atoms with Gasteiger partial charge in [0.1, 0.15) is 5.58 Å². The molecule has 0 bridgehead atoms. The van der Waals surface area contributed by atoms with E-state index in [1.165, 1.54) is 11.1 Å². The Kier molecular flexibility index (Phi) is 4.51. The minimum atomic E-state index is 0.667. The molecule has 152 valence electrons. The number of nitrogens with zero attached hydrogens (tertiary/aromatic N) is 2. The maximum absolute atomic E-state index is 6.31. The molecule has 0 fully saturated rings. The molecule has 3 nitrogen and oxygen atoms in total. The number of furan rings is 1. The summed E-state index contributed by atoms with van der Waals surface area (Å²) >= 11 is 0. The van der Waals surface area contributed by atoms with E-state index in [-0.39, 0.29) is 0 Å². The van der Waals surface area contributed by atoms with Crippen LogP contribution >= 0.6 is 0 Å². The van der Waals surface area contributed by atoms with Gasteiger partial charge in [-0.3, -0.25) is 4.98 Å². The van der Waals surface area contributed by atoms with Gasteiger partial charge >= 0.3 is 0 Å². The van der Waals surface area contributed by atoms with Crippen molar-refractivity contribution in [1.82, 2.24) is 9.97 Å². The zero-order chi connectivity index (χ0) is 21.3. The Morgan fingerprint density at radius 3 is 2.31 bits per heavy atom. The molecule has 0 aliphatic heterocycles. The molecule has 6 rings (SSSR count). The molecule has 0 amide bonds. The lowest BCUT2D eigenvalue weighted by atomic mass is 10.0. The topological polar surface area (TPSA) is 38.9 Å². The average molecular weight is 412 g/mol. The van der Waals surface area contributed by atoms with E-state index < -0.39 is 0 Å². The Morgan fingerprint density at radius 1 is 0.656 bits per heavy atom. The molecule has 3 heterocycles. The van der Waals surface area contributed by atoms with Gasteiger partial charge in [-0.1, -0.05) is 72.8 Å². The summed E-state index contributed by atoms with van der Waals surface area (Å²) in [5.41, 5.74) is 7.88. The molecule has 6 aromatic rings. The van der Waals surface area contributed by atoms with Crippen molar-refractivity contribution in [3.63, 3.8) is 0 Å². The van der Waals surface area contributed by atoms with E-state index in [4.69, 9.17) is 9.40 Å². The first-order chi connectivity index (χ1) is 15.8. The van der Waals surface area contributed by atoms with Crippen LogP contribution in [0.3, 0.4) is 0 Å². The molecular weight excluding hydrogens is 392 g/mol. The molecule has 0 saturated heterocycles. The van der Waals surface area contributed by atoms with Crippen LogP contribution in [0.15, 0.2) is 114 Å². The fraction of sp³-hybridized carbons (Fsp3) is 0.0345. The first-order valence-electron chi connectivity index (χ1n) is 10.7. The van der Waals surface area contributed by atoms with Crippen LogP contribution in [-0.4, -0.2) is 9.97 Å². The fourth-order valence-electron chi connectivity index (χ4n) is 4.21. The summed E-state index contributed by atoms with van der Waals surface area (Å²) in [5, 5.41) is 2.08. The highest BCUT2D eigenvalue weighted by atomic mass is 16.3. The summed E-state index contributed by atoms with van der Waals surface area (Å²) in [5.74, 6) is 0. The number of aromatic nitrogens is 2. The van der Waals surface area contributed by atoms with Gasteiger partial charge in [0.25, 0.3) is 0 Å². The third-order valence-electron chi connectivity index (χ3n) is 5.79. The molecule has 3 aromatic heterocycles. The molecule has 3 heteroatoms. The predicted octanol–water partition coefficient (Wildman–Crippen LogP) is 7.30. The maximum atomic E-state index is 6.31. The van der Waals surface area contributed by atoms with Gasteiger partial charge < -0.3 is 4.42 Å². The Hall–Kier alpha value is -4.24. The van der Waals surface area contributed by atoms with Gasteiger partial charge in [-0.2, -0.15) is 0 Å². The second-order valence-electron chi connectivity index (χ2n) is 7.90. The molecule has 0 spiro atoms. The SMILES string of the molecule is c1ccc(Cc2ccc3c(n2)oc2c(-c4cc(-c5ccccc5)ccn4)cccc23)cc1. The van der Waals surface area contributed by atoms with Crippen LogP contribution in [0.25, 0.3) is 44.5 Å². The standard InChI is InChI=1S/C29H20N2O/c1-3-8-20(9-4-1)18-23-14-15-25-24-12-7-13-26(28(24)32-29(25)31-23)27-19-22(16-17-30-27)21-10-5-2-6-11-21/h1-17,19H,18H2. The number of para-hydroxylation sites is 1. The molecule has 0 N–H and O–H groups in total. The van der Waals surface area contributed by atoms with E-state index in [1.807, 2.05) is 36.5 Å². The number of hydrogen-bond acceptors (Lipinski definition) is 3. The van der Waals surface area contributed by atoms with E-state index in [2.05, 4.69) is 77.8 Å². The summed E-state index contributed by atoms with van der Waals surface area (Å²) < 4.78 is 6.31. The predicted molar refractivity (Wildman–Crippen MR) is 129 cm³/mol. The van der Waals surface area contributed by atoms with Crippen molar-refractivity contribution in [2.45, 2.75) is 6.42 Å². The van der Waals surface area contributed by atoms with Crippen LogP contribution in [-0.2, 0) is 6.42 Å². The molecule has 0 aliphatic carbocycles. The van der Waals surface area contributed by atoms with Gasteiger partial charge in [0.15, 0.2) is 0 Å². The van der Waals surface area contributed by atoms with Crippen molar-refractivity contribution >= 4 is 22.1 Å². The molecule has 0 aliphatic rings. The minimum Gasteiger partial charge on any atom is -0.437 e. The van der Waals surface area contributed by atoms with Crippen molar-refractivity contribution in [2.24, 2.45) is 0 Å². The summed E-state index contributed by atoms with van der Waals surface area (Å²) in [6.45, 7) is 0. The van der Waals surface area contributed by atoms with Crippen molar-refractivity contribution in [2.75, 3.05) is 0 Å². The lowest BCUT2D eigenvalue weighted by Crippen LogP contribution is -1.91. The fourth-order valence-corrected chi connectivity index (χ4v) is 4.21. The molecule has 3 aromatic carbocycles. The van der Waals surface area contributed by atoms with Crippen LogP contribution in [0.2, 0.25) is 0 Å². The van der Waals surface area contributed by atoms with E-state index in [0.717, 1.165) is 45.3 Å². The summed E-state index contributed by atoms with van der Waals surface area (Å²) in [4.78, 5) is 9.47. The van der Waals surface area contributed by atoms with E-state index in [1.54, 1.807) is 0 Å². The van der Waals surface area contributed by atoms with Crippen LogP contribution in [0.5, 0.6) is 0 Å². The Bertz CT molecular complexity index is 1540. The maximum Gasteiger partial charge on any atom is 0.227 e. The second kappa shape index (κ2) is 7.78. The number of fused-ring (bicyclic) bond motifs is 3. The van der Waals surface area contributed by atoms with Crippen molar-refractivity contribution in [1.29, 1.82) is 0 Å². The zero-order valence-electron chi connectivity index (χ0n) is 17.4. The highest BCUT2D eigenvalue weighted by Gasteiger charge is 2.15. The van der Waals surface area contributed by atoms with Gasteiger partial charge in [0.05, 0.1) is 5.69 Å². The number of pyridine rings is 2. The highest BCUT2D eigenvalue weighted by molar-refractivity contribution is 6.08. The number of hydrogen-bond donors (Lipinski definition) is 0. The quantitative estimate of drug-likeness (QED) is 0.305. The number of benzene rings is 3. The largest absolute Gasteiger partial charge is 0.437 e. The lowest BCUT2D eigenvalue weighted by molar-refractivity contribution is 0.652. The Balaban J connectivity index is 1.45. The molecule has 0 atom stereocenters. The van der Waals surface area contributed by atoms with E-state index >= 15 is 0 Å². The number of rotatable bonds is 4. The van der Waals surface area contributed by atoms with Crippen LogP contribution < -0.4 is 0 Å². The summed E-state index contributed by atoms with van der Waals surface area (Å²) in [6, 6.07) is 35.3. The Labute approximate surface area is 186 Å². The van der Waals surface area contributed by atoms with Crippen molar-refractivity contribution in [3.8, 4) is 22.4 Å². The lowest BCUT2D eigenvalue weighted by Gasteiger charge is -2.05. The minimum absolute atomic E-state index is 0.667. The van der Waals surface area contributed by atoms with E-state index in [9.17, 15) is 0 Å². The first-order valence-corrected chi connectivity index (χ1v) is 10.7. The van der Waals surface area contributed by atoms with Crippen molar-refractivity contribution < 1.29 is 4.42 Å². The van der Waals surface area contributed by atoms with Gasteiger partial charge in [-0.15, -0.1) is 0 Å². The third kappa shape index (κ3) is 3.34. The van der Waals surface area contributed by atoms with E-state index in [0.29, 0.717) is 5.71 Å². The molecule has 0 radical (unpaired) electrons.